The van der Waals surface area contributed by atoms with Gasteiger partial charge in [0.1, 0.15) is 0 Å². The average Bonchev–Trinajstić information content (AvgIpc) is 3.01. The molecule has 1 fully saturated rings. The number of hydrogen-bond donors (Lipinski definition) is 1. The van der Waals surface area contributed by atoms with Gasteiger partial charge in [0, 0.05) is 20.6 Å². The minimum absolute atomic E-state index is 0.522. The van der Waals surface area contributed by atoms with Crippen molar-refractivity contribution in [1.29, 1.82) is 0 Å². The second-order valence-electron chi connectivity index (χ2n) is 4.11. The lowest BCUT2D eigenvalue weighted by atomic mass is 10.2. The molecule has 3 nitrogen and oxygen atoms in total. The van der Waals surface area contributed by atoms with Crippen molar-refractivity contribution in [2.45, 2.75) is 18.9 Å². The zero-order valence-corrected chi connectivity index (χ0v) is 12.8. The molecule has 1 heterocycles. The van der Waals surface area contributed by atoms with Gasteiger partial charge in [-0.3, -0.25) is 9.67 Å². The Morgan fingerprint density at radius 3 is 2.47 bits per heavy atom. The fourth-order valence-electron chi connectivity index (χ4n) is 1.86. The molecule has 3 rings (SSSR count). The molecule has 0 aliphatic heterocycles. The summed E-state index contributed by atoms with van der Waals surface area (Å²) in [6, 6.07) is 6.63. The lowest BCUT2D eigenvalue weighted by molar-refractivity contribution is 0.735. The third-order valence-electron chi connectivity index (χ3n) is 2.74. The first kappa shape index (κ1) is 11.6. The van der Waals surface area contributed by atoms with Gasteiger partial charge in [-0.2, -0.15) is 5.10 Å². The van der Waals surface area contributed by atoms with Crippen LogP contribution in [0.15, 0.2) is 27.1 Å². The largest absolute Gasteiger partial charge is 0.297 e. The van der Waals surface area contributed by atoms with Crippen LogP contribution in [0.1, 0.15) is 18.9 Å². The summed E-state index contributed by atoms with van der Waals surface area (Å²) in [5, 5.41) is 7.21. The molecule has 0 amide bonds. The highest BCUT2D eigenvalue weighted by Crippen LogP contribution is 2.38. The molecule has 1 aliphatic rings. The summed E-state index contributed by atoms with van der Waals surface area (Å²) in [5.41, 5.74) is 1.06. The molecule has 1 N–H and O–H groups in total. The topological polar surface area (TPSA) is 33.6 Å². The predicted octanol–water partition coefficient (Wildman–Crippen LogP) is 4.47. The van der Waals surface area contributed by atoms with E-state index in [1.54, 1.807) is 0 Å². The normalized spacial score (nSPS) is 15.2. The fourth-order valence-corrected chi connectivity index (χ4v) is 3.44. The molecule has 0 radical (unpaired) electrons. The van der Waals surface area contributed by atoms with Crippen molar-refractivity contribution in [1.82, 2.24) is 14.8 Å². The van der Waals surface area contributed by atoms with Crippen molar-refractivity contribution < 1.29 is 0 Å². The van der Waals surface area contributed by atoms with Crippen molar-refractivity contribution in [2.75, 3.05) is 0 Å². The lowest BCUT2D eigenvalue weighted by Crippen LogP contribution is -1.97. The number of hydrogen-bond acceptors (Lipinski definition) is 2. The van der Waals surface area contributed by atoms with Crippen LogP contribution in [0.3, 0.4) is 0 Å². The van der Waals surface area contributed by atoms with Crippen molar-refractivity contribution in [3.63, 3.8) is 0 Å². The maximum atomic E-state index is 5.28. The number of aromatic nitrogens is 3. The van der Waals surface area contributed by atoms with Crippen molar-refractivity contribution in [2.24, 2.45) is 0 Å². The minimum Gasteiger partial charge on any atom is -0.297 e. The Kier molecular flexibility index (Phi) is 2.96. The van der Waals surface area contributed by atoms with E-state index in [4.69, 9.17) is 12.2 Å². The second kappa shape index (κ2) is 4.33. The molecule has 1 saturated carbocycles. The summed E-state index contributed by atoms with van der Waals surface area (Å²) in [6.45, 7) is 0. The maximum Gasteiger partial charge on any atom is 0.195 e. The van der Waals surface area contributed by atoms with Crippen LogP contribution in [-0.2, 0) is 0 Å². The molecule has 6 heteroatoms. The standard InChI is InChI=1S/C11H9Br2N3S/c12-7-3-6(4-8(13)5-7)10-14-15-11(17)16(10)9-1-2-9/h3-5,9H,1-2H2,(H,15,17). The molecule has 0 unspecified atom stereocenters. The highest BCUT2D eigenvalue weighted by molar-refractivity contribution is 9.11. The van der Waals surface area contributed by atoms with Crippen LogP contribution in [-0.4, -0.2) is 14.8 Å². The summed E-state index contributed by atoms with van der Waals surface area (Å²) in [4.78, 5) is 0. The number of H-pyrrole nitrogens is 1. The average molecular weight is 375 g/mol. The van der Waals surface area contributed by atoms with E-state index in [9.17, 15) is 0 Å². The zero-order valence-electron chi connectivity index (χ0n) is 8.78. The first-order chi connectivity index (χ1) is 8.15. The molecule has 1 aliphatic carbocycles. The van der Waals surface area contributed by atoms with E-state index in [2.05, 4.69) is 58.8 Å². The van der Waals surface area contributed by atoms with Crippen LogP contribution >= 0.6 is 44.1 Å². The number of nitrogens with one attached hydrogen (secondary N) is 1. The van der Waals surface area contributed by atoms with Crippen molar-refractivity contribution in [3.8, 4) is 11.4 Å². The van der Waals surface area contributed by atoms with Gasteiger partial charge < -0.3 is 0 Å². The molecule has 2 aromatic rings. The first-order valence-corrected chi connectivity index (χ1v) is 7.28. The highest BCUT2D eigenvalue weighted by atomic mass is 79.9. The third-order valence-corrected chi connectivity index (χ3v) is 3.94. The highest BCUT2D eigenvalue weighted by Gasteiger charge is 2.27. The molecule has 0 spiro atoms. The zero-order chi connectivity index (χ0) is 12.0. The quantitative estimate of drug-likeness (QED) is 0.787. The summed E-state index contributed by atoms with van der Waals surface area (Å²) < 4.78 is 4.87. The van der Waals surface area contributed by atoms with E-state index in [1.165, 1.54) is 12.8 Å². The van der Waals surface area contributed by atoms with Gasteiger partial charge >= 0.3 is 0 Å². The Balaban J connectivity index is 2.17. The van der Waals surface area contributed by atoms with E-state index in [0.717, 1.165) is 20.3 Å². The predicted molar refractivity (Wildman–Crippen MR) is 76.5 cm³/mol. The van der Waals surface area contributed by atoms with Gasteiger partial charge in [0.15, 0.2) is 10.6 Å². The molecule has 88 valence electrons. The van der Waals surface area contributed by atoms with Crippen molar-refractivity contribution in [3.05, 3.63) is 31.9 Å². The molecule has 1 aromatic carbocycles. The van der Waals surface area contributed by atoms with Gasteiger partial charge in [-0.05, 0) is 43.3 Å². The Morgan fingerprint density at radius 1 is 1.24 bits per heavy atom. The Labute approximate surface area is 120 Å². The third kappa shape index (κ3) is 2.26. The second-order valence-corrected chi connectivity index (χ2v) is 6.33. The number of rotatable bonds is 2. The van der Waals surface area contributed by atoms with Crippen LogP contribution in [0.25, 0.3) is 11.4 Å². The van der Waals surface area contributed by atoms with E-state index in [-0.39, 0.29) is 0 Å². The summed E-state index contributed by atoms with van der Waals surface area (Å²) >= 11 is 12.3. The Hall–Kier alpha value is -0.460. The van der Waals surface area contributed by atoms with Gasteiger partial charge in [-0.1, -0.05) is 31.9 Å². The summed E-state index contributed by atoms with van der Waals surface area (Å²) in [7, 11) is 0. The van der Waals surface area contributed by atoms with Crippen LogP contribution in [0, 0.1) is 4.77 Å². The Bertz CT molecular complexity index is 608. The van der Waals surface area contributed by atoms with Gasteiger partial charge in [-0.25, -0.2) is 0 Å². The summed E-state index contributed by atoms with van der Waals surface area (Å²) in [6.07, 6.45) is 2.38. The molecule has 17 heavy (non-hydrogen) atoms. The Morgan fingerprint density at radius 2 is 1.88 bits per heavy atom. The molecule has 0 atom stereocenters. The lowest BCUT2D eigenvalue weighted by Gasteiger charge is -2.06. The first-order valence-electron chi connectivity index (χ1n) is 5.28. The van der Waals surface area contributed by atoms with Gasteiger partial charge in [0.05, 0.1) is 0 Å². The van der Waals surface area contributed by atoms with E-state index in [0.29, 0.717) is 10.8 Å². The monoisotopic (exact) mass is 373 g/mol. The SMILES string of the molecule is S=c1[nH]nc(-c2cc(Br)cc(Br)c2)n1C1CC1. The van der Waals surface area contributed by atoms with Gasteiger partial charge in [0.2, 0.25) is 0 Å². The molecule has 0 saturated heterocycles. The van der Waals surface area contributed by atoms with Crippen LogP contribution in [0.5, 0.6) is 0 Å². The van der Waals surface area contributed by atoms with Crippen LogP contribution < -0.4 is 0 Å². The van der Waals surface area contributed by atoms with E-state index >= 15 is 0 Å². The fraction of sp³-hybridized carbons (Fsp3) is 0.273. The van der Waals surface area contributed by atoms with Gasteiger partial charge in [-0.15, -0.1) is 0 Å². The summed E-state index contributed by atoms with van der Waals surface area (Å²) in [5.74, 6) is 0.916. The number of halogens is 2. The van der Waals surface area contributed by atoms with Crippen LogP contribution in [0.4, 0.5) is 0 Å². The number of nitrogens with zero attached hydrogens (tertiary/aromatic N) is 2. The van der Waals surface area contributed by atoms with Crippen molar-refractivity contribution >= 4 is 44.1 Å². The maximum absolute atomic E-state index is 5.28. The minimum atomic E-state index is 0.522. The molecule has 1 aromatic heterocycles. The molecular weight excluding hydrogens is 366 g/mol. The number of benzene rings is 1. The smallest absolute Gasteiger partial charge is 0.195 e. The molecular formula is C11H9Br2N3S. The number of aromatic amines is 1. The molecule has 0 bridgehead atoms. The van der Waals surface area contributed by atoms with E-state index in [1.807, 2.05) is 6.07 Å². The van der Waals surface area contributed by atoms with Gasteiger partial charge in [0.25, 0.3) is 0 Å². The van der Waals surface area contributed by atoms with Crippen LogP contribution in [0.2, 0.25) is 0 Å². The van der Waals surface area contributed by atoms with E-state index < -0.39 is 0 Å².